The number of fused-ring (bicyclic) bond motifs is 1. The van der Waals surface area contributed by atoms with Gasteiger partial charge >= 0.3 is 12.1 Å². The summed E-state index contributed by atoms with van der Waals surface area (Å²) in [5.74, 6) is -1.32. The zero-order chi connectivity index (χ0) is 14.2. The van der Waals surface area contributed by atoms with E-state index in [0.29, 0.717) is 6.07 Å². The standard InChI is InChI=1S/C11H7F3N2O3/c12-11(13,14)8-3-7-6(4-15-8)1-2-9(17)16(7)5-10(18)19/h1-4H,5H2,(H,18,19). The molecule has 0 aliphatic rings. The van der Waals surface area contributed by atoms with Crippen LogP contribution in [0.5, 0.6) is 0 Å². The fourth-order valence-corrected chi connectivity index (χ4v) is 1.64. The van der Waals surface area contributed by atoms with Crippen LogP contribution in [-0.4, -0.2) is 20.6 Å². The van der Waals surface area contributed by atoms with Crippen molar-refractivity contribution >= 4 is 16.9 Å². The van der Waals surface area contributed by atoms with E-state index >= 15 is 0 Å². The average Bonchev–Trinajstić information content (AvgIpc) is 2.30. The van der Waals surface area contributed by atoms with Crippen molar-refractivity contribution in [2.45, 2.75) is 12.7 Å². The van der Waals surface area contributed by atoms with Gasteiger partial charge in [0.25, 0.3) is 5.56 Å². The number of carboxylic acid groups (broad SMARTS) is 1. The maximum absolute atomic E-state index is 12.5. The Morgan fingerprint density at radius 2 is 2.05 bits per heavy atom. The second kappa shape index (κ2) is 4.38. The molecule has 0 saturated carbocycles. The SMILES string of the molecule is O=C(O)Cn1c(=O)ccc2cnc(C(F)(F)F)cc21. The molecule has 2 aromatic heterocycles. The maximum Gasteiger partial charge on any atom is 0.433 e. The zero-order valence-corrected chi connectivity index (χ0v) is 9.31. The molecule has 0 aliphatic heterocycles. The van der Waals surface area contributed by atoms with Crippen molar-refractivity contribution in [3.8, 4) is 0 Å². The third-order valence-corrected chi connectivity index (χ3v) is 2.46. The summed E-state index contributed by atoms with van der Waals surface area (Å²) in [5.41, 5.74) is -1.98. The van der Waals surface area contributed by atoms with Crippen molar-refractivity contribution in [3.05, 3.63) is 40.4 Å². The summed E-state index contributed by atoms with van der Waals surface area (Å²) in [6.07, 6.45) is -3.70. The second-order valence-corrected chi connectivity index (χ2v) is 3.78. The van der Waals surface area contributed by atoms with Crippen LogP contribution in [0.15, 0.2) is 29.2 Å². The van der Waals surface area contributed by atoms with Crippen molar-refractivity contribution in [2.24, 2.45) is 0 Å². The van der Waals surface area contributed by atoms with Crippen LogP contribution in [0.2, 0.25) is 0 Å². The molecule has 0 saturated heterocycles. The number of halogens is 3. The molecule has 2 rings (SSSR count). The Hall–Kier alpha value is -2.38. The Balaban J connectivity index is 2.74. The number of aliphatic carboxylic acids is 1. The summed E-state index contributed by atoms with van der Waals surface area (Å²) < 4.78 is 38.4. The number of hydrogen-bond donors (Lipinski definition) is 1. The highest BCUT2D eigenvalue weighted by atomic mass is 19.4. The lowest BCUT2D eigenvalue weighted by molar-refractivity contribution is -0.141. The molecule has 5 nitrogen and oxygen atoms in total. The van der Waals surface area contributed by atoms with Crippen molar-refractivity contribution in [3.63, 3.8) is 0 Å². The Kier molecular flexibility index (Phi) is 3.01. The van der Waals surface area contributed by atoms with E-state index in [0.717, 1.165) is 16.8 Å². The Morgan fingerprint density at radius 1 is 1.37 bits per heavy atom. The van der Waals surface area contributed by atoms with Gasteiger partial charge in [-0.3, -0.25) is 19.1 Å². The molecular weight excluding hydrogens is 265 g/mol. The molecule has 0 atom stereocenters. The molecule has 100 valence electrons. The van der Waals surface area contributed by atoms with Crippen molar-refractivity contribution in [1.29, 1.82) is 0 Å². The first-order chi connectivity index (χ1) is 8.79. The molecule has 1 N–H and O–H groups in total. The van der Waals surface area contributed by atoms with Gasteiger partial charge in [-0.2, -0.15) is 13.2 Å². The van der Waals surface area contributed by atoms with E-state index in [-0.39, 0.29) is 10.9 Å². The van der Waals surface area contributed by atoms with Crippen LogP contribution in [0, 0.1) is 0 Å². The molecule has 0 spiro atoms. The maximum atomic E-state index is 12.5. The Morgan fingerprint density at radius 3 is 2.63 bits per heavy atom. The van der Waals surface area contributed by atoms with E-state index in [1.165, 1.54) is 6.07 Å². The van der Waals surface area contributed by atoms with Crippen LogP contribution in [0.4, 0.5) is 13.2 Å². The number of rotatable bonds is 2. The van der Waals surface area contributed by atoms with Gasteiger partial charge in [0.05, 0.1) is 5.52 Å². The predicted molar refractivity (Wildman–Crippen MR) is 58.6 cm³/mol. The second-order valence-electron chi connectivity index (χ2n) is 3.78. The van der Waals surface area contributed by atoms with E-state index in [4.69, 9.17) is 5.11 Å². The predicted octanol–water partition coefficient (Wildman–Crippen LogP) is 1.50. The van der Waals surface area contributed by atoms with Gasteiger partial charge < -0.3 is 5.11 Å². The van der Waals surface area contributed by atoms with Crippen LogP contribution in [-0.2, 0) is 17.5 Å². The van der Waals surface area contributed by atoms with Gasteiger partial charge in [0.1, 0.15) is 12.2 Å². The molecule has 2 heterocycles. The average molecular weight is 272 g/mol. The van der Waals surface area contributed by atoms with Crippen molar-refractivity contribution in [2.75, 3.05) is 0 Å². The highest BCUT2D eigenvalue weighted by molar-refractivity contribution is 5.80. The fourth-order valence-electron chi connectivity index (χ4n) is 1.64. The quantitative estimate of drug-likeness (QED) is 0.899. The smallest absolute Gasteiger partial charge is 0.433 e. The van der Waals surface area contributed by atoms with E-state index in [1.807, 2.05) is 0 Å². The molecule has 0 fully saturated rings. The number of pyridine rings is 2. The van der Waals surface area contributed by atoms with Gasteiger partial charge in [0.15, 0.2) is 0 Å². The van der Waals surface area contributed by atoms with E-state index in [1.54, 1.807) is 0 Å². The summed E-state index contributed by atoms with van der Waals surface area (Å²) in [6.45, 7) is -0.711. The van der Waals surface area contributed by atoms with E-state index in [2.05, 4.69) is 4.98 Å². The molecule has 19 heavy (non-hydrogen) atoms. The largest absolute Gasteiger partial charge is 0.480 e. The minimum Gasteiger partial charge on any atom is -0.480 e. The van der Waals surface area contributed by atoms with Gasteiger partial charge in [-0.1, -0.05) is 0 Å². The van der Waals surface area contributed by atoms with Gasteiger partial charge in [0.2, 0.25) is 0 Å². The summed E-state index contributed by atoms with van der Waals surface area (Å²) in [7, 11) is 0. The van der Waals surface area contributed by atoms with Gasteiger partial charge in [0, 0.05) is 17.6 Å². The van der Waals surface area contributed by atoms with Crippen LogP contribution < -0.4 is 5.56 Å². The molecule has 0 amide bonds. The first kappa shape index (κ1) is 13.1. The topological polar surface area (TPSA) is 72.2 Å². The molecular formula is C11H7F3N2O3. The summed E-state index contributed by atoms with van der Waals surface area (Å²) >= 11 is 0. The van der Waals surface area contributed by atoms with Crippen LogP contribution in [0.25, 0.3) is 10.9 Å². The normalized spacial score (nSPS) is 11.7. The third-order valence-electron chi connectivity index (χ3n) is 2.46. The summed E-state index contributed by atoms with van der Waals surface area (Å²) in [4.78, 5) is 25.4. The lowest BCUT2D eigenvalue weighted by Gasteiger charge is -2.10. The van der Waals surface area contributed by atoms with E-state index in [9.17, 15) is 22.8 Å². The number of hydrogen-bond acceptors (Lipinski definition) is 3. The molecule has 0 bridgehead atoms. The first-order valence-electron chi connectivity index (χ1n) is 5.07. The van der Waals surface area contributed by atoms with Crippen LogP contribution in [0.1, 0.15) is 5.69 Å². The summed E-state index contributed by atoms with van der Waals surface area (Å²) in [5, 5.41) is 8.94. The number of nitrogens with zero attached hydrogens (tertiary/aromatic N) is 2. The lowest BCUT2D eigenvalue weighted by Crippen LogP contribution is -2.24. The number of alkyl halides is 3. The monoisotopic (exact) mass is 272 g/mol. The van der Waals surface area contributed by atoms with Crippen LogP contribution in [0.3, 0.4) is 0 Å². The molecule has 0 aromatic carbocycles. The highest BCUT2D eigenvalue weighted by Crippen LogP contribution is 2.29. The fraction of sp³-hybridized carbons (Fsp3) is 0.182. The molecule has 0 radical (unpaired) electrons. The van der Waals surface area contributed by atoms with Crippen LogP contribution >= 0.6 is 0 Å². The number of aromatic nitrogens is 2. The minimum atomic E-state index is -4.66. The summed E-state index contributed by atoms with van der Waals surface area (Å²) in [6, 6.07) is 3.04. The molecule has 2 aromatic rings. The van der Waals surface area contributed by atoms with Gasteiger partial charge in [-0.05, 0) is 12.1 Å². The molecule has 8 heteroatoms. The van der Waals surface area contributed by atoms with Gasteiger partial charge in [-0.25, -0.2) is 0 Å². The third kappa shape index (κ3) is 2.56. The highest BCUT2D eigenvalue weighted by Gasteiger charge is 2.32. The first-order valence-corrected chi connectivity index (χ1v) is 5.07. The lowest BCUT2D eigenvalue weighted by atomic mass is 10.2. The Labute approximate surface area is 103 Å². The van der Waals surface area contributed by atoms with E-state index < -0.39 is 29.9 Å². The van der Waals surface area contributed by atoms with Crippen molar-refractivity contribution in [1.82, 2.24) is 9.55 Å². The molecule has 0 aliphatic carbocycles. The number of carboxylic acids is 1. The minimum absolute atomic E-state index is 0.114. The van der Waals surface area contributed by atoms with Crippen molar-refractivity contribution < 1.29 is 23.1 Å². The van der Waals surface area contributed by atoms with Gasteiger partial charge in [-0.15, -0.1) is 0 Å². The molecule has 0 unspecified atom stereocenters. The zero-order valence-electron chi connectivity index (χ0n) is 9.31. The Bertz CT molecular complexity index is 706. The number of carbonyl (C=O) groups is 1.